The van der Waals surface area contributed by atoms with Gasteiger partial charge in [0.05, 0.1) is 0 Å². The molecule has 0 saturated carbocycles. The maximum Gasteiger partial charge on any atom is 0.323 e. The summed E-state index contributed by atoms with van der Waals surface area (Å²) in [6.45, 7) is 1.63. The number of allylic oxidation sites excluding steroid dienone is 3. The zero-order valence-electron chi connectivity index (χ0n) is 9.01. The number of nitrogens with zero attached hydrogens (tertiary/aromatic N) is 1. The molecule has 1 aliphatic carbocycles. The summed E-state index contributed by atoms with van der Waals surface area (Å²) in [5.41, 5.74) is 0.559. The molecule has 1 rings (SSSR count). The number of carboxylic acid groups (broad SMARTS) is 1. The number of rotatable bonds is 3. The molecule has 0 fully saturated rings. The van der Waals surface area contributed by atoms with E-state index in [2.05, 4.69) is 0 Å². The van der Waals surface area contributed by atoms with Gasteiger partial charge in [0.25, 0.3) is 0 Å². The van der Waals surface area contributed by atoms with Gasteiger partial charge in [-0.15, -0.1) is 6.42 Å². The second kappa shape index (κ2) is 5.17. The Balaban J connectivity index is 2.86. The molecule has 0 aromatic heterocycles. The Bertz CT molecular complexity index is 401. The van der Waals surface area contributed by atoms with Gasteiger partial charge in [-0.05, 0) is 24.3 Å². The van der Waals surface area contributed by atoms with Crippen LogP contribution in [-0.2, 0) is 9.59 Å². The molecule has 1 atom stereocenters. The van der Waals surface area contributed by atoms with E-state index in [9.17, 15) is 9.59 Å². The van der Waals surface area contributed by atoms with Crippen LogP contribution < -0.4 is 0 Å². The maximum absolute atomic E-state index is 11.4. The van der Waals surface area contributed by atoms with Gasteiger partial charge in [0.2, 0.25) is 0 Å². The van der Waals surface area contributed by atoms with E-state index >= 15 is 0 Å². The van der Waals surface area contributed by atoms with Crippen molar-refractivity contribution in [1.29, 1.82) is 0 Å². The Morgan fingerprint density at radius 2 is 2.38 bits per heavy atom. The van der Waals surface area contributed by atoms with Crippen molar-refractivity contribution in [3.8, 4) is 12.3 Å². The minimum atomic E-state index is -1.09. The summed E-state index contributed by atoms with van der Waals surface area (Å²) in [5.74, 6) is 0.609. The third-order valence-corrected chi connectivity index (χ3v) is 2.27. The summed E-state index contributed by atoms with van der Waals surface area (Å²) in [4.78, 5) is 23.1. The molecule has 16 heavy (non-hydrogen) atoms. The van der Waals surface area contributed by atoms with Crippen molar-refractivity contribution in [2.24, 2.45) is 5.92 Å². The Labute approximate surface area is 94.2 Å². The van der Waals surface area contributed by atoms with E-state index in [1.165, 1.54) is 0 Å². The average molecular weight is 219 g/mol. The van der Waals surface area contributed by atoms with Crippen LogP contribution in [0.2, 0.25) is 0 Å². The lowest BCUT2D eigenvalue weighted by molar-refractivity contribution is -0.141. The van der Waals surface area contributed by atoms with Crippen molar-refractivity contribution in [1.82, 2.24) is 4.90 Å². The van der Waals surface area contributed by atoms with Gasteiger partial charge in [-0.2, -0.15) is 0 Å². The quantitative estimate of drug-likeness (QED) is 0.721. The lowest BCUT2D eigenvalue weighted by Gasteiger charge is -2.22. The molecule has 0 aromatic carbocycles. The third kappa shape index (κ3) is 2.99. The largest absolute Gasteiger partial charge is 0.480 e. The van der Waals surface area contributed by atoms with Crippen LogP contribution in [0.3, 0.4) is 0 Å². The van der Waals surface area contributed by atoms with Crippen molar-refractivity contribution in [3.63, 3.8) is 0 Å². The van der Waals surface area contributed by atoms with Gasteiger partial charge in [0.1, 0.15) is 6.54 Å². The molecule has 1 aliphatic rings. The fraction of sp³-hybridized carbons (Fsp3) is 0.333. The van der Waals surface area contributed by atoms with E-state index in [1.54, 1.807) is 6.08 Å². The Kier molecular flexibility index (Phi) is 3.90. The first-order valence-corrected chi connectivity index (χ1v) is 4.93. The highest BCUT2D eigenvalue weighted by molar-refractivity contribution is 5.96. The number of amides is 1. The smallest absolute Gasteiger partial charge is 0.323 e. The number of terminal acetylenes is 1. The number of carboxylic acids is 1. The first-order chi connectivity index (χ1) is 7.54. The van der Waals surface area contributed by atoms with Gasteiger partial charge in [0.15, 0.2) is 0 Å². The Hall–Kier alpha value is -2.02. The lowest BCUT2D eigenvalue weighted by Crippen LogP contribution is -2.34. The summed E-state index contributed by atoms with van der Waals surface area (Å²) in [5, 5.41) is 8.70. The summed E-state index contributed by atoms with van der Waals surface area (Å²) >= 11 is 0. The second-order valence-electron chi connectivity index (χ2n) is 3.63. The van der Waals surface area contributed by atoms with Crippen molar-refractivity contribution >= 4 is 11.9 Å². The van der Waals surface area contributed by atoms with Crippen LogP contribution in [0.1, 0.15) is 13.3 Å². The molecular weight excluding hydrogens is 206 g/mol. The summed E-state index contributed by atoms with van der Waals surface area (Å²) in [7, 11) is 0. The molecule has 0 saturated heterocycles. The summed E-state index contributed by atoms with van der Waals surface area (Å²) in [6.07, 6.45) is 11.3. The molecule has 1 unspecified atom stereocenters. The van der Waals surface area contributed by atoms with Crippen LogP contribution in [0.15, 0.2) is 23.9 Å². The van der Waals surface area contributed by atoms with E-state index < -0.39 is 18.4 Å². The monoisotopic (exact) mass is 219 g/mol. The number of carbonyl (C=O) groups is 2. The molecule has 4 nitrogen and oxygen atoms in total. The topological polar surface area (TPSA) is 57.6 Å². The van der Waals surface area contributed by atoms with Crippen LogP contribution in [-0.4, -0.2) is 28.4 Å². The molecule has 0 aliphatic heterocycles. The lowest BCUT2D eigenvalue weighted by atomic mass is 10.0. The van der Waals surface area contributed by atoms with Crippen LogP contribution >= 0.6 is 0 Å². The first-order valence-electron chi connectivity index (χ1n) is 4.93. The van der Waals surface area contributed by atoms with E-state index in [1.807, 2.05) is 25.0 Å². The Morgan fingerprint density at radius 3 is 2.81 bits per heavy atom. The van der Waals surface area contributed by atoms with E-state index in [4.69, 9.17) is 11.5 Å². The van der Waals surface area contributed by atoms with Crippen LogP contribution in [0, 0.1) is 18.3 Å². The van der Waals surface area contributed by atoms with Crippen LogP contribution in [0.4, 0.5) is 0 Å². The van der Waals surface area contributed by atoms with Crippen molar-refractivity contribution in [2.45, 2.75) is 13.3 Å². The maximum atomic E-state index is 11.4. The first kappa shape index (κ1) is 12.1. The van der Waals surface area contributed by atoms with Gasteiger partial charge in [-0.1, -0.05) is 19.1 Å². The molecule has 0 aromatic rings. The predicted octanol–water partition coefficient (Wildman–Crippen LogP) is 1.01. The van der Waals surface area contributed by atoms with Crippen molar-refractivity contribution in [2.75, 3.05) is 6.54 Å². The number of hydrogen-bond acceptors (Lipinski definition) is 2. The third-order valence-electron chi connectivity index (χ3n) is 2.27. The molecule has 1 amide bonds. The highest BCUT2D eigenvalue weighted by atomic mass is 16.4. The molecule has 0 radical (unpaired) electrons. The number of carbonyl (C=O) groups excluding carboxylic acids is 1. The predicted molar refractivity (Wildman–Crippen MR) is 59.2 cm³/mol. The fourth-order valence-electron chi connectivity index (χ4n) is 1.41. The van der Waals surface area contributed by atoms with Crippen LogP contribution in [0.5, 0.6) is 0 Å². The van der Waals surface area contributed by atoms with Gasteiger partial charge in [-0.25, -0.2) is 0 Å². The summed E-state index contributed by atoms with van der Waals surface area (Å²) in [6, 6.07) is 0. The van der Waals surface area contributed by atoms with Crippen molar-refractivity contribution in [3.05, 3.63) is 23.9 Å². The molecular formula is C12H13NO3. The van der Waals surface area contributed by atoms with E-state index in [0.717, 1.165) is 11.3 Å². The normalized spacial score (nSPS) is 18.5. The highest BCUT2D eigenvalue weighted by Gasteiger charge is 2.19. The Morgan fingerprint density at radius 1 is 1.69 bits per heavy atom. The summed E-state index contributed by atoms with van der Waals surface area (Å²) < 4.78 is 0. The van der Waals surface area contributed by atoms with Gasteiger partial charge < -0.3 is 5.11 Å². The molecule has 0 spiro atoms. The van der Waals surface area contributed by atoms with Gasteiger partial charge >= 0.3 is 11.9 Å². The van der Waals surface area contributed by atoms with Crippen LogP contribution in [0.25, 0.3) is 0 Å². The average Bonchev–Trinajstić information content (AvgIpc) is 2.26. The SMILES string of the molecule is C#CC(=O)N(CC(=O)O)C1=CCC(C)C=C1. The zero-order chi connectivity index (χ0) is 12.1. The molecule has 1 N–H and O–H groups in total. The number of aliphatic carboxylic acids is 1. The minimum Gasteiger partial charge on any atom is -0.480 e. The van der Waals surface area contributed by atoms with E-state index in [0.29, 0.717) is 11.6 Å². The second-order valence-corrected chi connectivity index (χ2v) is 3.63. The van der Waals surface area contributed by atoms with Gasteiger partial charge in [-0.3, -0.25) is 14.5 Å². The fourth-order valence-corrected chi connectivity index (χ4v) is 1.41. The molecule has 0 bridgehead atoms. The standard InChI is InChI=1S/C12H13NO3/c1-3-11(14)13(8-12(15)16)10-6-4-9(2)5-7-10/h1,4,6-7,9H,5,8H2,2H3,(H,15,16). The van der Waals surface area contributed by atoms with E-state index in [-0.39, 0.29) is 0 Å². The highest BCUT2D eigenvalue weighted by Crippen LogP contribution is 2.18. The number of hydrogen-bond donors (Lipinski definition) is 1. The molecule has 4 heteroatoms. The molecule has 84 valence electrons. The van der Waals surface area contributed by atoms with Crippen molar-refractivity contribution < 1.29 is 14.7 Å². The molecule has 0 heterocycles. The van der Waals surface area contributed by atoms with Gasteiger partial charge in [0, 0.05) is 5.70 Å². The zero-order valence-corrected chi connectivity index (χ0v) is 9.01. The minimum absolute atomic E-state index is 0.399.